The van der Waals surface area contributed by atoms with Gasteiger partial charge in [-0.3, -0.25) is 0 Å². The molecule has 106 valence electrons. The molecule has 0 heterocycles. The average Bonchev–Trinajstić information content (AvgIpc) is 2.41. The van der Waals surface area contributed by atoms with Gasteiger partial charge in [-0.15, -0.1) is 0 Å². The number of hydrogen-bond donors (Lipinski definition) is 1. The number of anilines is 1. The first-order valence-corrected chi connectivity index (χ1v) is 8.22. The van der Waals surface area contributed by atoms with Gasteiger partial charge in [0.2, 0.25) is 0 Å². The fourth-order valence-electron chi connectivity index (χ4n) is 3.26. The van der Waals surface area contributed by atoms with Crippen molar-refractivity contribution in [2.24, 2.45) is 0 Å². The molecule has 0 aliphatic heterocycles. The molecule has 2 rings (SSSR count). The van der Waals surface area contributed by atoms with E-state index in [0.29, 0.717) is 0 Å². The standard InChI is InChI=1S/C18H29N/c19-18-14-12-17(13-15-18)16-10-8-6-4-2-1-3-5-7-9-11-16/h12-16H,1-11,19H2. The first-order valence-electron chi connectivity index (χ1n) is 8.22. The Balaban J connectivity index is 1.92. The van der Waals surface area contributed by atoms with Crippen LogP contribution in [0, 0.1) is 0 Å². The molecule has 0 unspecified atom stereocenters. The van der Waals surface area contributed by atoms with E-state index in [1.165, 1.54) is 76.2 Å². The van der Waals surface area contributed by atoms with Gasteiger partial charge in [0.15, 0.2) is 0 Å². The second-order valence-electron chi connectivity index (χ2n) is 6.12. The minimum atomic E-state index is 0.764. The highest BCUT2D eigenvalue weighted by molar-refractivity contribution is 5.40. The van der Waals surface area contributed by atoms with E-state index in [0.717, 1.165) is 11.6 Å². The van der Waals surface area contributed by atoms with E-state index in [1.54, 1.807) is 0 Å². The lowest BCUT2D eigenvalue weighted by Gasteiger charge is -2.18. The van der Waals surface area contributed by atoms with E-state index in [9.17, 15) is 0 Å². The van der Waals surface area contributed by atoms with Crippen LogP contribution in [0.4, 0.5) is 5.69 Å². The summed E-state index contributed by atoms with van der Waals surface area (Å²) in [5, 5.41) is 0. The van der Waals surface area contributed by atoms with Gasteiger partial charge in [-0.2, -0.15) is 0 Å². The fourth-order valence-corrected chi connectivity index (χ4v) is 3.26. The molecule has 1 fully saturated rings. The summed E-state index contributed by atoms with van der Waals surface area (Å²) in [6.45, 7) is 0. The molecule has 1 saturated carbocycles. The zero-order valence-electron chi connectivity index (χ0n) is 12.2. The van der Waals surface area contributed by atoms with Crippen LogP contribution < -0.4 is 5.73 Å². The van der Waals surface area contributed by atoms with Gasteiger partial charge in [-0.1, -0.05) is 69.9 Å². The predicted octanol–water partition coefficient (Wildman–Crippen LogP) is 5.66. The molecule has 0 spiro atoms. The Labute approximate surface area is 118 Å². The van der Waals surface area contributed by atoms with Gasteiger partial charge >= 0.3 is 0 Å². The van der Waals surface area contributed by atoms with Gasteiger partial charge in [-0.05, 0) is 36.5 Å². The molecule has 1 aromatic carbocycles. The highest BCUT2D eigenvalue weighted by Gasteiger charge is 2.11. The van der Waals surface area contributed by atoms with Gasteiger partial charge in [0.05, 0.1) is 0 Å². The molecule has 2 N–H and O–H groups in total. The van der Waals surface area contributed by atoms with Gasteiger partial charge in [-0.25, -0.2) is 0 Å². The Kier molecular flexibility index (Phi) is 6.26. The molecular weight excluding hydrogens is 230 g/mol. The topological polar surface area (TPSA) is 26.0 Å². The number of benzene rings is 1. The molecule has 1 nitrogen and oxygen atoms in total. The van der Waals surface area contributed by atoms with Crippen molar-refractivity contribution in [3.05, 3.63) is 29.8 Å². The van der Waals surface area contributed by atoms with Crippen molar-refractivity contribution in [1.82, 2.24) is 0 Å². The first kappa shape index (κ1) is 14.4. The van der Waals surface area contributed by atoms with E-state index >= 15 is 0 Å². The largest absolute Gasteiger partial charge is 0.399 e. The third-order valence-corrected chi connectivity index (χ3v) is 4.51. The Morgan fingerprint density at radius 1 is 0.632 bits per heavy atom. The minimum Gasteiger partial charge on any atom is -0.399 e. The van der Waals surface area contributed by atoms with Crippen LogP contribution in [0.3, 0.4) is 0 Å². The molecule has 1 heteroatoms. The number of rotatable bonds is 1. The molecule has 19 heavy (non-hydrogen) atoms. The third-order valence-electron chi connectivity index (χ3n) is 4.51. The second-order valence-corrected chi connectivity index (χ2v) is 6.12. The zero-order valence-corrected chi connectivity index (χ0v) is 12.2. The van der Waals surface area contributed by atoms with Crippen LogP contribution in [-0.4, -0.2) is 0 Å². The van der Waals surface area contributed by atoms with Gasteiger partial charge < -0.3 is 5.73 Å². The zero-order chi connectivity index (χ0) is 13.3. The number of nitrogen functional groups attached to an aromatic ring is 1. The molecule has 0 amide bonds. The fraction of sp³-hybridized carbons (Fsp3) is 0.667. The van der Waals surface area contributed by atoms with Crippen LogP contribution in [0.25, 0.3) is 0 Å². The molecule has 1 aromatic rings. The van der Waals surface area contributed by atoms with E-state index < -0.39 is 0 Å². The molecule has 0 bridgehead atoms. The molecule has 1 aliphatic rings. The summed E-state index contributed by atoms with van der Waals surface area (Å²) in [5.41, 5.74) is 8.19. The monoisotopic (exact) mass is 259 g/mol. The quantitative estimate of drug-likeness (QED) is 0.647. The van der Waals surface area contributed by atoms with Crippen LogP contribution in [0.1, 0.15) is 82.1 Å². The first-order chi connectivity index (χ1) is 9.36. The van der Waals surface area contributed by atoms with Crippen LogP contribution in [0.2, 0.25) is 0 Å². The maximum absolute atomic E-state index is 5.80. The van der Waals surface area contributed by atoms with Crippen molar-refractivity contribution in [3.8, 4) is 0 Å². The highest BCUT2D eigenvalue weighted by atomic mass is 14.5. The van der Waals surface area contributed by atoms with E-state index in [2.05, 4.69) is 24.3 Å². The second kappa shape index (κ2) is 8.24. The van der Waals surface area contributed by atoms with E-state index in [-0.39, 0.29) is 0 Å². The third kappa shape index (κ3) is 5.26. The molecule has 1 aliphatic carbocycles. The molecule has 0 saturated heterocycles. The lowest BCUT2D eigenvalue weighted by Crippen LogP contribution is -2.01. The SMILES string of the molecule is Nc1ccc(C2CCCCCCCCCCC2)cc1. The molecule has 0 aromatic heterocycles. The summed E-state index contributed by atoms with van der Waals surface area (Å²) in [6.07, 6.45) is 15.6. The van der Waals surface area contributed by atoms with Crippen LogP contribution in [0.15, 0.2) is 24.3 Å². The van der Waals surface area contributed by atoms with Crippen molar-refractivity contribution in [2.75, 3.05) is 5.73 Å². The van der Waals surface area contributed by atoms with Gasteiger partial charge in [0, 0.05) is 5.69 Å². The summed E-state index contributed by atoms with van der Waals surface area (Å²) in [7, 11) is 0. The van der Waals surface area contributed by atoms with Gasteiger partial charge in [0.25, 0.3) is 0 Å². The Hall–Kier alpha value is -0.980. The minimum absolute atomic E-state index is 0.764. The van der Waals surface area contributed by atoms with E-state index in [1.807, 2.05) is 0 Å². The normalized spacial score (nSPS) is 20.4. The molecular formula is C18H29N. The lowest BCUT2D eigenvalue weighted by molar-refractivity contribution is 0.467. The Morgan fingerprint density at radius 3 is 1.53 bits per heavy atom. The summed E-state index contributed by atoms with van der Waals surface area (Å²) in [5.74, 6) is 0.764. The number of nitrogens with two attached hydrogens (primary N) is 1. The van der Waals surface area contributed by atoms with Crippen molar-refractivity contribution in [1.29, 1.82) is 0 Å². The Bertz CT molecular complexity index is 329. The maximum atomic E-state index is 5.80. The van der Waals surface area contributed by atoms with Crippen molar-refractivity contribution < 1.29 is 0 Å². The summed E-state index contributed by atoms with van der Waals surface area (Å²) in [6, 6.07) is 8.61. The van der Waals surface area contributed by atoms with E-state index in [4.69, 9.17) is 5.73 Å². The van der Waals surface area contributed by atoms with Crippen molar-refractivity contribution >= 4 is 5.69 Å². The smallest absolute Gasteiger partial charge is 0.0314 e. The van der Waals surface area contributed by atoms with Gasteiger partial charge in [0.1, 0.15) is 0 Å². The van der Waals surface area contributed by atoms with Crippen molar-refractivity contribution in [2.45, 2.75) is 76.5 Å². The lowest BCUT2D eigenvalue weighted by atomic mass is 9.87. The number of hydrogen-bond acceptors (Lipinski definition) is 1. The highest BCUT2D eigenvalue weighted by Crippen LogP contribution is 2.29. The summed E-state index contributed by atoms with van der Waals surface area (Å²) < 4.78 is 0. The van der Waals surface area contributed by atoms with Crippen LogP contribution >= 0.6 is 0 Å². The predicted molar refractivity (Wildman–Crippen MR) is 84.4 cm³/mol. The average molecular weight is 259 g/mol. The summed E-state index contributed by atoms with van der Waals surface area (Å²) in [4.78, 5) is 0. The molecule has 0 radical (unpaired) electrons. The van der Waals surface area contributed by atoms with Crippen molar-refractivity contribution in [3.63, 3.8) is 0 Å². The van der Waals surface area contributed by atoms with Crippen LogP contribution in [-0.2, 0) is 0 Å². The Morgan fingerprint density at radius 2 is 1.05 bits per heavy atom. The molecule has 0 atom stereocenters. The summed E-state index contributed by atoms with van der Waals surface area (Å²) >= 11 is 0. The van der Waals surface area contributed by atoms with Crippen LogP contribution in [0.5, 0.6) is 0 Å². The maximum Gasteiger partial charge on any atom is 0.0314 e.